The molecule has 0 radical (unpaired) electrons. The van der Waals surface area contributed by atoms with Crippen LogP contribution in [0.2, 0.25) is 0 Å². The van der Waals surface area contributed by atoms with E-state index in [1.165, 1.54) is 0 Å². The molecule has 0 aliphatic carbocycles. The van der Waals surface area contributed by atoms with Crippen molar-refractivity contribution in [2.45, 2.75) is 0 Å². The molecule has 0 bridgehead atoms. The van der Waals surface area contributed by atoms with Crippen LogP contribution < -0.4 is 0 Å². The normalized spacial score (nSPS) is 11.6. The van der Waals surface area contributed by atoms with Crippen molar-refractivity contribution in [3.8, 4) is 56.4 Å². The molecule has 234 valence electrons. The molecule has 4 aromatic heterocycles. The Hall–Kier alpha value is -6.92. The average Bonchev–Trinajstić information content (AvgIpc) is 3.77. The van der Waals surface area contributed by atoms with Crippen molar-refractivity contribution in [1.29, 1.82) is 0 Å². The third-order valence-corrected chi connectivity index (χ3v) is 9.26. The number of hydrogen-bond donors (Lipinski definition) is 0. The van der Waals surface area contributed by atoms with Gasteiger partial charge < -0.3 is 8.83 Å². The summed E-state index contributed by atoms with van der Waals surface area (Å²) in [4.78, 5) is 19.7. The lowest BCUT2D eigenvalue weighted by atomic mass is 9.95. The molecule has 0 amide bonds. The summed E-state index contributed by atoms with van der Waals surface area (Å²) in [6.45, 7) is 0. The van der Waals surface area contributed by atoms with Gasteiger partial charge in [0.2, 0.25) is 0 Å². The van der Waals surface area contributed by atoms with Crippen LogP contribution in [-0.4, -0.2) is 19.9 Å². The number of fused-ring (bicyclic) bond motifs is 6. The first kappa shape index (κ1) is 28.1. The number of rotatable bonds is 5. The van der Waals surface area contributed by atoms with Gasteiger partial charge in [0.05, 0.1) is 5.56 Å². The van der Waals surface area contributed by atoms with Gasteiger partial charge in [-0.15, -0.1) is 0 Å². The SMILES string of the molecule is c1ccc(-c2nc(-c3ccccc3-c3cccnc3)nc(-c3ccc(-c4ccc5oc6ccccc6c5c4)c4c3oc3ccccc34)n2)cc1. The molecule has 10 aromatic rings. The predicted molar refractivity (Wildman–Crippen MR) is 199 cm³/mol. The van der Waals surface area contributed by atoms with E-state index in [9.17, 15) is 0 Å². The zero-order chi connectivity index (χ0) is 33.0. The topological polar surface area (TPSA) is 77.8 Å². The summed E-state index contributed by atoms with van der Waals surface area (Å²) in [5, 5.41) is 4.19. The Labute approximate surface area is 286 Å². The average molecular weight is 643 g/mol. The van der Waals surface area contributed by atoms with Gasteiger partial charge in [-0.05, 0) is 53.1 Å². The highest BCUT2D eigenvalue weighted by atomic mass is 16.3. The van der Waals surface area contributed by atoms with Crippen LogP contribution in [0.3, 0.4) is 0 Å². The van der Waals surface area contributed by atoms with Crippen molar-refractivity contribution in [2.24, 2.45) is 0 Å². The number of furan rings is 2. The fourth-order valence-corrected chi connectivity index (χ4v) is 6.92. The van der Waals surface area contributed by atoms with Crippen LogP contribution in [0.25, 0.3) is 100 Å². The Kier molecular flexibility index (Phi) is 6.39. The lowest BCUT2D eigenvalue weighted by molar-refractivity contribution is 0.669. The molecule has 6 nitrogen and oxygen atoms in total. The molecule has 6 heteroatoms. The third kappa shape index (κ3) is 4.58. The smallest absolute Gasteiger partial charge is 0.167 e. The Balaban J connectivity index is 1.23. The van der Waals surface area contributed by atoms with Gasteiger partial charge in [0, 0.05) is 50.6 Å². The van der Waals surface area contributed by atoms with Crippen LogP contribution in [0.1, 0.15) is 0 Å². The fourth-order valence-electron chi connectivity index (χ4n) is 6.92. The Morgan fingerprint density at radius 3 is 1.84 bits per heavy atom. The molecule has 0 N–H and O–H groups in total. The summed E-state index contributed by atoms with van der Waals surface area (Å²) in [6, 6.07) is 49.1. The minimum atomic E-state index is 0.529. The van der Waals surface area contributed by atoms with Gasteiger partial charge in [-0.2, -0.15) is 0 Å². The van der Waals surface area contributed by atoms with Gasteiger partial charge in [0.25, 0.3) is 0 Å². The number of benzene rings is 6. The van der Waals surface area contributed by atoms with Crippen molar-refractivity contribution in [1.82, 2.24) is 19.9 Å². The first-order valence-electron chi connectivity index (χ1n) is 16.5. The highest BCUT2D eigenvalue weighted by Gasteiger charge is 2.22. The third-order valence-electron chi connectivity index (χ3n) is 9.26. The first-order valence-corrected chi connectivity index (χ1v) is 16.5. The molecule has 6 aromatic carbocycles. The van der Waals surface area contributed by atoms with E-state index in [4.69, 9.17) is 23.8 Å². The van der Waals surface area contributed by atoms with Gasteiger partial charge in [0.1, 0.15) is 22.3 Å². The molecule has 0 saturated heterocycles. The summed E-state index contributed by atoms with van der Waals surface area (Å²) in [5.41, 5.74) is 9.92. The molecular formula is C44H26N4O2. The molecular weight excluding hydrogens is 617 g/mol. The molecule has 0 aliphatic heterocycles. The van der Waals surface area contributed by atoms with Crippen LogP contribution in [0, 0.1) is 0 Å². The van der Waals surface area contributed by atoms with Crippen LogP contribution >= 0.6 is 0 Å². The quantitative estimate of drug-likeness (QED) is 0.186. The molecule has 0 fully saturated rings. The van der Waals surface area contributed by atoms with Crippen LogP contribution in [0.4, 0.5) is 0 Å². The lowest BCUT2D eigenvalue weighted by Crippen LogP contribution is -2.01. The van der Waals surface area contributed by atoms with E-state index in [0.717, 1.165) is 82.8 Å². The molecule has 4 heterocycles. The highest BCUT2D eigenvalue weighted by molar-refractivity contribution is 6.17. The zero-order valence-electron chi connectivity index (χ0n) is 26.6. The summed E-state index contributed by atoms with van der Waals surface area (Å²) in [7, 11) is 0. The molecule has 50 heavy (non-hydrogen) atoms. The number of para-hydroxylation sites is 2. The monoisotopic (exact) mass is 642 g/mol. The number of nitrogens with zero attached hydrogens (tertiary/aromatic N) is 4. The van der Waals surface area contributed by atoms with Crippen molar-refractivity contribution in [2.75, 3.05) is 0 Å². The number of hydrogen-bond acceptors (Lipinski definition) is 6. The predicted octanol–water partition coefficient (Wildman–Crippen LogP) is 11.4. The molecule has 0 saturated carbocycles. The van der Waals surface area contributed by atoms with E-state index in [0.29, 0.717) is 17.5 Å². The maximum atomic E-state index is 6.70. The molecule has 0 atom stereocenters. The van der Waals surface area contributed by atoms with E-state index in [1.807, 2.05) is 103 Å². The highest BCUT2D eigenvalue weighted by Crippen LogP contribution is 2.43. The Bertz CT molecular complexity index is 2880. The molecule has 10 rings (SSSR count). The second-order valence-corrected chi connectivity index (χ2v) is 12.2. The van der Waals surface area contributed by atoms with Gasteiger partial charge in [-0.1, -0.05) is 109 Å². The maximum Gasteiger partial charge on any atom is 0.167 e. The van der Waals surface area contributed by atoms with E-state index < -0.39 is 0 Å². The van der Waals surface area contributed by atoms with E-state index in [2.05, 4.69) is 53.5 Å². The summed E-state index contributed by atoms with van der Waals surface area (Å²) in [5.74, 6) is 1.68. The molecule has 0 unspecified atom stereocenters. The number of pyridine rings is 1. The van der Waals surface area contributed by atoms with Gasteiger partial charge >= 0.3 is 0 Å². The summed E-state index contributed by atoms with van der Waals surface area (Å²) >= 11 is 0. The van der Waals surface area contributed by atoms with Gasteiger partial charge in [-0.3, -0.25) is 4.98 Å². The minimum Gasteiger partial charge on any atom is -0.456 e. The lowest BCUT2D eigenvalue weighted by Gasteiger charge is -2.12. The van der Waals surface area contributed by atoms with Crippen LogP contribution in [0.15, 0.2) is 167 Å². The second-order valence-electron chi connectivity index (χ2n) is 12.2. The largest absolute Gasteiger partial charge is 0.456 e. The van der Waals surface area contributed by atoms with E-state index in [1.54, 1.807) is 6.20 Å². The van der Waals surface area contributed by atoms with Crippen molar-refractivity contribution < 1.29 is 8.83 Å². The van der Waals surface area contributed by atoms with Gasteiger partial charge in [-0.25, -0.2) is 15.0 Å². The standard InChI is InChI=1S/C44H26N4O2/c1-2-11-27(12-3-1)42-46-43(33-16-5-4-14-30(33)29-13-10-24-45-26-29)48-44(47-42)35-22-21-31(40-34-17-7-9-19-38(34)50-41(35)40)28-20-23-39-36(25-28)32-15-6-8-18-37(32)49-39/h1-26H. The van der Waals surface area contributed by atoms with Crippen molar-refractivity contribution in [3.05, 3.63) is 158 Å². The minimum absolute atomic E-state index is 0.529. The summed E-state index contributed by atoms with van der Waals surface area (Å²) in [6.07, 6.45) is 3.64. The zero-order valence-corrected chi connectivity index (χ0v) is 26.6. The van der Waals surface area contributed by atoms with Crippen LogP contribution in [0.5, 0.6) is 0 Å². The van der Waals surface area contributed by atoms with Crippen molar-refractivity contribution in [3.63, 3.8) is 0 Å². The van der Waals surface area contributed by atoms with Crippen molar-refractivity contribution >= 4 is 43.9 Å². The first-order chi connectivity index (χ1) is 24.8. The van der Waals surface area contributed by atoms with Crippen LogP contribution in [-0.2, 0) is 0 Å². The molecule has 0 aliphatic rings. The number of aromatic nitrogens is 4. The van der Waals surface area contributed by atoms with E-state index >= 15 is 0 Å². The maximum absolute atomic E-state index is 6.70. The second kappa shape index (κ2) is 11.4. The van der Waals surface area contributed by atoms with Gasteiger partial charge in [0.15, 0.2) is 17.5 Å². The molecule has 0 spiro atoms. The van der Waals surface area contributed by atoms with E-state index in [-0.39, 0.29) is 0 Å². The summed E-state index contributed by atoms with van der Waals surface area (Å²) < 4.78 is 12.9. The Morgan fingerprint density at radius 2 is 1.02 bits per heavy atom. The fraction of sp³-hybridized carbons (Fsp3) is 0. The Morgan fingerprint density at radius 1 is 0.380 bits per heavy atom.